The number of amides is 4. The van der Waals surface area contributed by atoms with Crippen molar-refractivity contribution in [3.63, 3.8) is 0 Å². The molecule has 5 atom stereocenters. The van der Waals surface area contributed by atoms with E-state index in [-0.39, 0.29) is 50.1 Å². The van der Waals surface area contributed by atoms with Gasteiger partial charge in [-0.05, 0) is 91.6 Å². The highest BCUT2D eigenvalue weighted by Crippen LogP contribution is 2.42. The van der Waals surface area contributed by atoms with Crippen LogP contribution in [0.25, 0.3) is 33.3 Å². The third-order valence-corrected chi connectivity index (χ3v) is 13.7. The van der Waals surface area contributed by atoms with Crippen LogP contribution in [0.4, 0.5) is 0 Å². The van der Waals surface area contributed by atoms with Gasteiger partial charge in [-0.3, -0.25) is 34.0 Å². The van der Waals surface area contributed by atoms with Crippen LogP contribution >= 0.6 is 0 Å². The van der Waals surface area contributed by atoms with Gasteiger partial charge in [0.1, 0.15) is 24.9 Å². The molecule has 4 aromatic rings. The second-order valence-electron chi connectivity index (χ2n) is 19.3. The number of hydrogen-bond donors (Lipinski definition) is 2. The molecule has 4 amide bonds. The zero-order valence-electron chi connectivity index (χ0n) is 39.2. The number of rotatable bonds is 9. The molecule has 2 N–H and O–H groups in total. The lowest BCUT2D eigenvalue weighted by atomic mass is 9.84. The number of nitrogens with zero attached hydrogens (tertiary/aromatic N) is 5. The van der Waals surface area contributed by atoms with E-state index in [4.69, 9.17) is 19.2 Å². The van der Waals surface area contributed by atoms with Gasteiger partial charge in [-0.2, -0.15) is 0 Å². The highest BCUT2D eigenvalue weighted by atomic mass is 16.5. The van der Waals surface area contributed by atoms with Gasteiger partial charge in [-0.25, -0.2) is 5.43 Å². The molecule has 2 aromatic heterocycles. The fraction of sp³-hybridized carbons (Fsp3) is 0.490. The predicted molar refractivity (Wildman–Crippen MR) is 249 cm³/mol. The average molecular weight is 902 g/mol. The maximum absolute atomic E-state index is 14.7. The summed E-state index contributed by atoms with van der Waals surface area (Å²) in [6.45, 7) is 17.0. The second kappa shape index (κ2) is 18.8. The van der Waals surface area contributed by atoms with Crippen LogP contribution in [0.5, 0.6) is 0 Å². The molecule has 0 radical (unpaired) electrons. The van der Waals surface area contributed by atoms with E-state index in [9.17, 15) is 24.0 Å². The predicted octanol–water partition coefficient (Wildman–Crippen LogP) is 5.74. The van der Waals surface area contributed by atoms with Crippen LogP contribution in [0.3, 0.4) is 0 Å². The lowest BCUT2D eigenvalue weighted by Gasteiger charge is -2.36. The standard InChI is InChI=1S/C51H63N7O8/c1-9-42(59)55-23-20-51(28-55)49(63)57(30-66-51)44(31(3)4)46(60)53-40-25-33-14-11-15-34(24-33)35-18-19-41-37(26-35)38(45(56(41)10-2)36-16-12-21-52-43(36)32(5)64-8)27-50(6,7)29-65-48(62)39-17-13-22-58(54-39)47(40)61/h9,11-12,14-16,18-19,21,24,26,31-32,39-40,44,54H,1,10,13,17,20,22-23,25,27-30H2,2-8H3,(H,53,60)/t32-,39-,40-,44?,51-/m0/s1. The van der Waals surface area contributed by atoms with Gasteiger partial charge in [0.2, 0.25) is 11.8 Å². The number of carbonyl (C=O) groups is 5. The van der Waals surface area contributed by atoms with Crippen LogP contribution in [-0.2, 0) is 57.6 Å². The minimum Gasteiger partial charge on any atom is -0.464 e. The Kier molecular flexibility index (Phi) is 13.3. The first-order valence-electron chi connectivity index (χ1n) is 23.2. The molecule has 0 saturated carbocycles. The maximum atomic E-state index is 14.7. The highest BCUT2D eigenvalue weighted by Gasteiger charge is 2.56. The van der Waals surface area contributed by atoms with Crippen molar-refractivity contribution in [3.8, 4) is 22.4 Å². The Balaban J connectivity index is 1.18. The number of nitrogens with one attached hydrogen (secondary N) is 2. The Bertz CT molecular complexity index is 2550. The molecule has 4 aliphatic rings. The molecule has 1 spiro atoms. The zero-order valence-corrected chi connectivity index (χ0v) is 39.2. The van der Waals surface area contributed by atoms with Crippen molar-refractivity contribution in [1.82, 2.24) is 35.1 Å². The fourth-order valence-electron chi connectivity index (χ4n) is 10.2. The number of pyridine rings is 1. The van der Waals surface area contributed by atoms with E-state index < -0.39 is 46.9 Å². The normalized spacial score (nSPS) is 23.3. The third-order valence-electron chi connectivity index (χ3n) is 13.7. The number of benzene rings is 2. The number of methoxy groups -OCH3 is 1. The average Bonchev–Trinajstić information content (AvgIpc) is 3.99. The van der Waals surface area contributed by atoms with Crippen molar-refractivity contribution >= 4 is 40.5 Å². The second-order valence-corrected chi connectivity index (χ2v) is 19.3. The molecule has 6 heterocycles. The number of ether oxygens (including phenoxy) is 3. The molecular weight excluding hydrogens is 839 g/mol. The van der Waals surface area contributed by atoms with Gasteiger partial charge >= 0.3 is 5.97 Å². The number of likely N-dealkylation sites (tertiary alicyclic amines) is 1. The first-order valence-corrected chi connectivity index (χ1v) is 23.2. The molecule has 4 aliphatic heterocycles. The van der Waals surface area contributed by atoms with Crippen molar-refractivity contribution < 1.29 is 38.2 Å². The summed E-state index contributed by atoms with van der Waals surface area (Å²) >= 11 is 0. The Morgan fingerprint density at radius 3 is 2.59 bits per heavy atom. The SMILES string of the molecule is C=CC(=O)N1CC[C@@]2(C1)OCN(C(C(=O)N[C@H]1Cc3cccc(c3)-c3ccc4c(c3)c(c(-c3cccnc3[C@H](C)OC)n4CC)CC(C)(C)COC(=O)[C@@H]3CCCN(N3)C1=O)C(C)C)C2=O. The summed E-state index contributed by atoms with van der Waals surface area (Å²) in [5.74, 6) is -2.39. The van der Waals surface area contributed by atoms with Crippen molar-refractivity contribution in [2.24, 2.45) is 11.3 Å². The van der Waals surface area contributed by atoms with E-state index in [0.29, 0.717) is 45.3 Å². The first-order chi connectivity index (χ1) is 31.6. The quantitative estimate of drug-likeness (QED) is 0.156. The number of carbonyl (C=O) groups excluding carboxylic acids is 5. The smallest absolute Gasteiger partial charge is 0.324 e. The number of aromatic nitrogens is 2. The molecule has 3 fully saturated rings. The summed E-state index contributed by atoms with van der Waals surface area (Å²) in [5, 5.41) is 5.55. The van der Waals surface area contributed by atoms with Crippen LogP contribution in [0, 0.1) is 11.3 Å². The van der Waals surface area contributed by atoms with Crippen molar-refractivity contribution in [2.45, 2.75) is 110 Å². The maximum Gasteiger partial charge on any atom is 0.324 e. The Morgan fingerprint density at radius 1 is 1.06 bits per heavy atom. The number of hydrogen-bond acceptors (Lipinski definition) is 10. The molecule has 0 aliphatic carbocycles. The lowest BCUT2D eigenvalue weighted by molar-refractivity contribution is -0.155. The number of hydrazine groups is 1. The van der Waals surface area contributed by atoms with Gasteiger partial charge < -0.3 is 33.9 Å². The number of cyclic esters (lactones) is 1. The molecule has 1 unspecified atom stereocenters. The van der Waals surface area contributed by atoms with Crippen molar-refractivity contribution in [3.05, 3.63) is 90.3 Å². The summed E-state index contributed by atoms with van der Waals surface area (Å²) in [5.41, 5.74) is 9.15. The molecule has 6 bridgehead atoms. The fourth-order valence-corrected chi connectivity index (χ4v) is 10.2. The number of fused-ring (bicyclic) bond motifs is 6. The van der Waals surface area contributed by atoms with E-state index in [1.807, 2.05) is 45.0 Å². The summed E-state index contributed by atoms with van der Waals surface area (Å²) in [4.78, 5) is 77.7. The van der Waals surface area contributed by atoms with E-state index in [2.05, 4.69) is 73.0 Å². The van der Waals surface area contributed by atoms with Crippen LogP contribution in [0.15, 0.2) is 73.4 Å². The Hall–Kier alpha value is -5.90. The minimum atomic E-state index is -1.26. The van der Waals surface area contributed by atoms with Gasteiger partial charge in [-0.1, -0.05) is 64.6 Å². The molecular formula is C51H63N7O8. The van der Waals surface area contributed by atoms with E-state index in [1.54, 1.807) is 13.3 Å². The summed E-state index contributed by atoms with van der Waals surface area (Å²) < 4.78 is 20.4. The van der Waals surface area contributed by atoms with Gasteiger partial charge in [0.25, 0.3) is 11.8 Å². The van der Waals surface area contributed by atoms with Crippen LogP contribution in [0.2, 0.25) is 0 Å². The molecule has 3 saturated heterocycles. The van der Waals surface area contributed by atoms with Gasteiger partial charge in [0, 0.05) is 67.7 Å². The topological polar surface area (TPSA) is 165 Å². The van der Waals surface area contributed by atoms with E-state index >= 15 is 0 Å². The summed E-state index contributed by atoms with van der Waals surface area (Å²) in [6, 6.07) is 15.7. The van der Waals surface area contributed by atoms with Crippen molar-refractivity contribution in [2.75, 3.05) is 40.1 Å². The molecule has 15 nitrogen and oxygen atoms in total. The molecule has 8 rings (SSSR count). The van der Waals surface area contributed by atoms with Crippen LogP contribution < -0.4 is 10.7 Å². The zero-order chi connectivity index (χ0) is 47.1. The number of esters is 1. The lowest BCUT2D eigenvalue weighted by Crippen LogP contribution is -2.62. The van der Waals surface area contributed by atoms with Crippen LogP contribution in [-0.4, -0.2) is 118 Å². The Morgan fingerprint density at radius 2 is 1.85 bits per heavy atom. The number of aryl methyl sites for hydroxylation is 1. The molecule has 66 heavy (non-hydrogen) atoms. The summed E-state index contributed by atoms with van der Waals surface area (Å²) in [6.07, 6.45) is 4.76. The van der Waals surface area contributed by atoms with E-state index in [1.165, 1.54) is 20.9 Å². The van der Waals surface area contributed by atoms with Gasteiger partial charge in [0.15, 0.2) is 5.60 Å². The van der Waals surface area contributed by atoms with Gasteiger partial charge in [-0.15, -0.1) is 0 Å². The summed E-state index contributed by atoms with van der Waals surface area (Å²) in [7, 11) is 1.69. The van der Waals surface area contributed by atoms with Crippen LogP contribution in [0.1, 0.15) is 83.7 Å². The highest BCUT2D eigenvalue weighted by molar-refractivity contribution is 5.97. The van der Waals surface area contributed by atoms with Crippen molar-refractivity contribution in [1.29, 1.82) is 0 Å². The third kappa shape index (κ3) is 8.87. The first kappa shape index (κ1) is 46.6. The largest absolute Gasteiger partial charge is 0.464 e. The van der Waals surface area contributed by atoms with Gasteiger partial charge in [0.05, 0.1) is 30.6 Å². The van der Waals surface area contributed by atoms with E-state index in [0.717, 1.165) is 50.1 Å². The minimum absolute atomic E-state index is 0.0672. The molecule has 350 valence electrons. The monoisotopic (exact) mass is 901 g/mol. The molecule has 15 heteroatoms. The Labute approximate surface area is 386 Å². The molecule has 2 aromatic carbocycles.